The minimum atomic E-state index is -0.430. The number of methoxy groups -OCH3 is 1. The van der Waals surface area contributed by atoms with E-state index in [-0.39, 0.29) is 5.91 Å². The second-order valence-corrected chi connectivity index (χ2v) is 6.97. The number of likely N-dealkylation sites (N-methyl/N-ethyl adjacent to an activating group) is 1. The molecule has 0 N–H and O–H groups in total. The lowest BCUT2D eigenvalue weighted by atomic mass is 10.1. The number of aryl methyl sites for hydroxylation is 1. The molecule has 0 bridgehead atoms. The van der Waals surface area contributed by atoms with Gasteiger partial charge in [0, 0.05) is 13.1 Å². The molecule has 3 rings (SSSR count). The topological polar surface area (TPSA) is 42.0 Å². The van der Waals surface area contributed by atoms with E-state index in [9.17, 15) is 4.79 Å². The van der Waals surface area contributed by atoms with Gasteiger partial charge in [-0.3, -0.25) is 4.79 Å². The zero-order valence-corrected chi connectivity index (χ0v) is 16.4. The third-order valence-corrected chi connectivity index (χ3v) is 4.94. The Labute approximate surface area is 161 Å². The Kier molecular flexibility index (Phi) is 6.35. The minimum Gasteiger partial charge on any atom is -0.497 e. The number of benzene rings is 2. The molecule has 0 saturated carbocycles. The Morgan fingerprint density at radius 2 is 1.85 bits per heavy atom. The molecular weight excluding hydrogens is 340 g/mol. The molecule has 0 fully saturated rings. The van der Waals surface area contributed by atoms with E-state index in [4.69, 9.17) is 9.47 Å². The normalized spacial score (nSPS) is 16.2. The Bertz CT molecular complexity index is 760. The van der Waals surface area contributed by atoms with Gasteiger partial charge in [-0.15, -0.1) is 0 Å². The molecular formula is C22H28N2O3. The van der Waals surface area contributed by atoms with Gasteiger partial charge in [-0.1, -0.05) is 24.3 Å². The van der Waals surface area contributed by atoms with Crippen LogP contribution in [0.25, 0.3) is 0 Å². The Balaban J connectivity index is 1.48. The fourth-order valence-corrected chi connectivity index (χ4v) is 3.32. The van der Waals surface area contributed by atoms with Crippen molar-refractivity contribution in [3.8, 4) is 11.5 Å². The molecule has 1 heterocycles. The number of hydrogen-bond acceptors (Lipinski definition) is 4. The second kappa shape index (κ2) is 8.91. The van der Waals surface area contributed by atoms with Gasteiger partial charge in [0.05, 0.1) is 12.8 Å². The van der Waals surface area contributed by atoms with Crippen molar-refractivity contribution in [1.82, 2.24) is 4.90 Å². The predicted molar refractivity (Wildman–Crippen MR) is 108 cm³/mol. The van der Waals surface area contributed by atoms with E-state index in [1.165, 1.54) is 5.56 Å². The number of amides is 1. The smallest absolute Gasteiger partial charge is 0.267 e. The summed E-state index contributed by atoms with van der Waals surface area (Å²) < 4.78 is 10.9. The summed E-state index contributed by atoms with van der Waals surface area (Å²) in [5.74, 6) is 1.70. The largest absolute Gasteiger partial charge is 0.497 e. The number of fused-ring (bicyclic) bond motifs is 1. The van der Waals surface area contributed by atoms with Crippen molar-refractivity contribution in [2.75, 3.05) is 38.7 Å². The van der Waals surface area contributed by atoms with Gasteiger partial charge in [0.15, 0.2) is 6.10 Å². The molecule has 0 spiro atoms. The maximum atomic E-state index is 12.5. The van der Waals surface area contributed by atoms with Crippen LogP contribution in [0.1, 0.15) is 18.9 Å². The van der Waals surface area contributed by atoms with Crippen molar-refractivity contribution >= 4 is 11.6 Å². The number of carbonyl (C=O) groups excluding carboxylic acids is 1. The number of anilines is 1. The fraction of sp³-hybridized carbons (Fsp3) is 0.409. The van der Waals surface area contributed by atoms with Crippen molar-refractivity contribution in [2.45, 2.75) is 25.9 Å². The van der Waals surface area contributed by atoms with Crippen LogP contribution in [-0.4, -0.2) is 50.7 Å². The highest BCUT2D eigenvalue weighted by molar-refractivity contribution is 5.99. The molecule has 2 aromatic rings. The van der Waals surface area contributed by atoms with E-state index in [0.29, 0.717) is 6.54 Å². The number of nitrogens with zero attached hydrogens (tertiary/aromatic N) is 2. The summed E-state index contributed by atoms with van der Waals surface area (Å²) in [6.07, 6.45) is 1.68. The maximum absolute atomic E-state index is 12.5. The van der Waals surface area contributed by atoms with Crippen molar-refractivity contribution < 1.29 is 14.3 Å². The number of carbonyl (C=O) groups is 1. The van der Waals surface area contributed by atoms with Crippen LogP contribution < -0.4 is 14.4 Å². The van der Waals surface area contributed by atoms with Crippen molar-refractivity contribution in [1.29, 1.82) is 0 Å². The lowest BCUT2D eigenvalue weighted by Gasteiger charge is -2.34. The first-order chi connectivity index (χ1) is 13.1. The van der Waals surface area contributed by atoms with E-state index >= 15 is 0 Å². The molecule has 0 unspecified atom stereocenters. The zero-order chi connectivity index (χ0) is 19.2. The Morgan fingerprint density at radius 3 is 2.59 bits per heavy atom. The highest BCUT2D eigenvalue weighted by Crippen LogP contribution is 2.33. The maximum Gasteiger partial charge on any atom is 0.267 e. The molecule has 1 aliphatic rings. The second-order valence-electron chi connectivity index (χ2n) is 6.97. The molecule has 2 aromatic carbocycles. The molecule has 5 heteroatoms. The van der Waals surface area contributed by atoms with Crippen LogP contribution in [-0.2, 0) is 11.2 Å². The van der Waals surface area contributed by atoms with Gasteiger partial charge >= 0.3 is 0 Å². The lowest BCUT2D eigenvalue weighted by molar-refractivity contribution is -0.125. The molecule has 0 aliphatic carbocycles. The third-order valence-electron chi connectivity index (χ3n) is 4.94. The van der Waals surface area contributed by atoms with Crippen LogP contribution in [0.4, 0.5) is 5.69 Å². The van der Waals surface area contributed by atoms with Crippen LogP contribution in [0.5, 0.6) is 11.5 Å². The number of ether oxygens (including phenoxy) is 2. The number of para-hydroxylation sites is 2. The predicted octanol–water partition coefficient (Wildman–Crippen LogP) is 3.37. The Morgan fingerprint density at radius 1 is 1.11 bits per heavy atom. The molecule has 27 heavy (non-hydrogen) atoms. The molecule has 1 amide bonds. The average Bonchev–Trinajstić information content (AvgIpc) is 2.69. The summed E-state index contributed by atoms with van der Waals surface area (Å²) in [6, 6.07) is 16.0. The first-order valence-corrected chi connectivity index (χ1v) is 9.47. The Hall–Kier alpha value is -2.53. The molecule has 0 saturated heterocycles. The highest BCUT2D eigenvalue weighted by atomic mass is 16.5. The van der Waals surface area contributed by atoms with E-state index in [1.807, 2.05) is 48.2 Å². The summed E-state index contributed by atoms with van der Waals surface area (Å²) in [5, 5.41) is 0. The molecule has 144 valence electrons. The lowest BCUT2D eigenvalue weighted by Crippen LogP contribution is -2.47. The molecule has 0 radical (unpaired) electrons. The van der Waals surface area contributed by atoms with Crippen molar-refractivity contribution in [3.05, 3.63) is 54.1 Å². The minimum absolute atomic E-state index is 0.0281. The van der Waals surface area contributed by atoms with Gasteiger partial charge in [-0.2, -0.15) is 0 Å². The van der Waals surface area contributed by atoms with Crippen LogP contribution in [0.15, 0.2) is 48.5 Å². The average molecular weight is 368 g/mol. The summed E-state index contributed by atoms with van der Waals surface area (Å²) in [7, 11) is 3.79. The highest BCUT2D eigenvalue weighted by Gasteiger charge is 2.30. The van der Waals surface area contributed by atoms with Crippen LogP contribution in [0.2, 0.25) is 0 Å². The SMILES string of the molecule is COc1ccc(CCCN(C)CCN2C(=O)[C@H](C)Oc3ccccc32)cc1. The molecule has 1 atom stereocenters. The monoisotopic (exact) mass is 368 g/mol. The first-order valence-electron chi connectivity index (χ1n) is 9.47. The van der Waals surface area contributed by atoms with Gasteiger partial charge in [0.1, 0.15) is 11.5 Å². The summed E-state index contributed by atoms with van der Waals surface area (Å²) in [4.78, 5) is 16.7. The molecule has 0 aromatic heterocycles. The van der Waals surface area contributed by atoms with Gasteiger partial charge in [0.2, 0.25) is 0 Å². The van der Waals surface area contributed by atoms with Gasteiger partial charge in [-0.25, -0.2) is 0 Å². The first kappa shape index (κ1) is 19.2. The molecule has 1 aliphatic heterocycles. The zero-order valence-electron chi connectivity index (χ0n) is 16.4. The van der Waals surface area contributed by atoms with E-state index in [1.54, 1.807) is 7.11 Å². The summed E-state index contributed by atoms with van der Waals surface area (Å²) in [6.45, 7) is 4.30. The van der Waals surface area contributed by atoms with Crippen molar-refractivity contribution in [2.24, 2.45) is 0 Å². The standard InChI is InChI=1S/C22H28N2O3/c1-17-22(25)24(20-8-4-5-9-21(20)27-17)16-15-23(2)14-6-7-18-10-12-19(26-3)13-11-18/h4-5,8-13,17H,6-7,14-16H2,1-3H3/t17-/m0/s1. The van der Waals surface area contributed by atoms with E-state index in [2.05, 4.69) is 24.1 Å². The summed E-state index contributed by atoms with van der Waals surface area (Å²) in [5.41, 5.74) is 2.18. The van der Waals surface area contributed by atoms with Gasteiger partial charge < -0.3 is 19.3 Å². The fourth-order valence-electron chi connectivity index (χ4n) is 3.32. The summed E-state index contributed by atoms with van der Waals surface area (Å²) >= 11 is 0. The van der Waals surface area contributed by atoms with E-state index < -0.39 is 6.10 Å². The van der Waals surface area contributed by atoms with Crippen LogP contribution in [0, 0.1) is 0 Å². The number of rotatable bonds is 8. The molecule has 5 nitrogen and oxygen atoms in total. The van der Waals surface area contributed by atoms with Crippen LogP contribution in [0.3, 0.4) is 0 Å². The number of hydrogen-bond donors (Lipinski definition) is 0. The van der Waals surface area contributed by atoms with Crippen molar-refractivity contribution in [3.63, 3.8) is 0 Å². The van der Waals surface area contributed by atoms with E-state index in [0.717, 1.165) is 43.1 Å². The van der Waals surface area contributed by atoms with Crippen LogP contribution >= 0.6 is 0 Å². The van der Waals surface area contributed by atoms with Gasteiger partial charge in [-0.05, 0) is 63.2 Å². The quantitative estimate of drug-likeness (QED) is 0.716. The third kappa shape index (κ3) is 4.80. The van der Waals surface area contributed by atoms with Gasteiger partial charge in [0.25, 0.3) is 5.91 Å².